The molecule has 0 spiro atoms. The van der Waals surface area contributed by atoms with Gasteiger partial charge in [0.1, 0.15) is 22.7 Å². The first-order chi connectivity index (χ1) is 16.2. The average Bonchev–Trinajstić information content (AvgIpc) is 2.86. The third kappa shape index (κ3) is 4.08. The molecule has 0 aliphatic carbocycles. The molecule has 33 heavy (non-hydrogen) atoms. The van der Waals surface area contributed by atoms with Gasteiger partial charge in [-0.15, -0.1) is 0 Å². The summed E-state index contributed by atoms with van der Waals surface area (Å²) in [6, 6.07) is 27.5. The zero-order chi connectivity index (χ0) is 22.8. The van der Waals surface area contributed by atoms with Gasteiger partial charge < -0.3 is 13.9 Å². The summed E-state index contributed by atoms with van der Waals surface area (Å²) in [6.07, 6.45) is 1.33. The summed E-state index contributed by atoms with van der Waals surface area (Å²) < 4.78 is 17.0. The van der Waals surface area contributed by atoms with Crippen LogP contribution in [0, 0.1) is 0 Å². The van der Waals surface area contributed by atoms with Crippen molar-refractivity contribution < 1.29 is 13.9 Å². The predicted molar refractivity (Wildman–Crippen MR) is 132 cm³/mol. The van der Waals surface area contributed by atoms with E-state index in [1.807, 2.05) is 84.9 Å². The van der Waals surface area contributed by atoms with Crippen molar-refractivity contribution in [3.05, 3.63) is 117 Å². The van der Waals surface area contributed by atoms with Crippen LogP contribution in [0.3, 0.4) is 0 Å². The van der Waals surface area contributed by atoms with Crippen LogP contribution in [0.2, 0.25) is 0 Å². The van der Waals surface area contributed by atoms with Gasteiger partial charge in [0.25, 0.3) is 0 Å². The van der Waals surface area contributed by atoms with E-state index >= 15 is 0 Å². The molecule has 0 saturated heterocycles. The Kier molecular flexibility index (Phi) is 5.57. The van der Waals surface area contributed by atoms with Crippen molar-refractivity contribution in [3.63, 3.8) is 0 Å². The van der Waals surface area contributed by atoms with Gasteiger partial charge >= 0.3 is 0 Å². The largest absolute Gasteiger partial charge is 0.497 e. The van der Waals surface area contributed by atoms with Crippen LogP contribution in [0.1, 0.15) is 22.3 Å². The first-order valence-electron chi connectivity index (χ1n) is 10.9. The van der Waals surface area contributed by atoms with Gasteiger partial charge in [0, 0.05) is 12.8 Å². The van der Waals surface area contributed by atoms with E-state index in [4.69, 9.17) is 13.9 Å². The Morgan fingerprint density at radius 3 is 1.42 bits per heavy atom. The third-order valence-corrected chi connectivity index (χ3v) is 5.99. The molecular weight excluding hydrogens is 412 g/mol. The highest BCUT2D eigenvalue weighted by Crippen LogP contribution is 2.28. The molecular formula is C29H24O4. The highest BCUT2D eigenvalue weighted by atomic mass is 16.5. The van der Waals surface area contributed by atoms with Gasteiger partial charge in [-0.2, -0.15) is 0 Å². The number of hydrogen-bond acceptors (Lipinski definition) is 4. The number of rotatable bonds is 6. The summed E-state index contributed by atoms with van der Waals surface area (Å²) in [7, 11) is 3.31. The minimum atomic E-state index is -0.000545. The maximum absolute atomic E-state index is 13.4. The molecule has 0 atom stereocenters. The van der Waals surface area contributed by atoms with E-state index < -0.39 is 0 Å². The van der Waals surface area contributed by atoms with E-state index in [-0.39, 0.29) is 5.43 Å². The van der Waals surface area contributed by atoms with E-state index in [1.165, 1.54) is 0 Å². The summed E-state index contributed by atoms with van der Waals surface area (Å²) in [4.78, 5) is 13.4. The molecule has 4 aromatic carbocycles. The number of ether oxygens (including phenoxy) is 2. The molecule has 1 aromatic heterocycles. The van der Waals surface area contributed by atoms with Crippen molar-refractivity contribution in [3.8, 4) is 11.5 Å². The average molecular weight is 437 g/mol. The second-order valence-electron chi connectivity index (χ2n) is 8.07. The SMILES string of the molecule is COc1ccc(Cc2cccc3c(=O)c4cccc(Cc5ccc(OC)cc5)c4oc23)cc1. The Morgan fingerprint density at radius 1 is 0.606 bits per heavy atom. The van der Waals surface area contributed by atoms with E-state index in [1.54, 1.807) is 14.2 Å². The summed E-state index contributed by atoms with van der Waals surface area (Å²) in [5.41, 5.74) is 5.50. The number of methoxy groups -OCH3 is 2. The summed E-state index contributed by atoms with van der Waals surface area (Å²) in [5, 5.41) is 1.21. The van der Waals surface area contributed by atoms with Crippen LogP contribution in [0.4, 0.5) is 0 Å². The fourth-order valence-corrected chi connectivity index (χ4v) is 4.22. The Bertz CT molecular complexity index is 1370. The zero-order valence-corrected chi connectivity index (χ0v) is 18.6. The monoisotopic (exact) mass is 436 g/mol. The van der Waals surface area contributed by atoms with Crippen molar-refractivity contribution in [2.24, 2.45) is 0 Å². The van der Waals surface area contributed by atoms with Crippen LogP contribution < -0.4 is 14.9 Å². The van der Waals surface area contributed by atoms with Gasteiger partial charge in [-0.3, -0.25) is 4.79 Å². The lowest BCUT2D eigenvalue weighted by Gasteiger charge is -2.11. The maximum atomic E-state index is 13.4. The number of hydrogen-bond donors (Lipinski definition) is 0. The lowest BCUT2D eigenvalue weighted by molar-refractivity contribution is 0.414. The smallest absolute Gasteiger partial charge is 0.200 e. The molecule has 0 amide bonds. The Balaban J connectivity index is 1.61. The normalized spacial score (nSPS) is 11.1. The predicted octanol–water partition coefficient (Wildman–Crippen LogP) is 6.15. The fraction of sp³-hybridized carbons (Fsp3) is 0.138. The Hall–Kier alpha value is -4.05. The zero-order valence-electron chi connectivity index (χ0n) is 18.6. The molecule has 0 unspecified atom stereocenters. The van der Waals surface area contributed by atoms with E-state index in [2.05, 4.69) is 0 Å². The minimum Gasteiger partial charge on any atom is -0.497 e. The molecule has 164 valence electrons. The van der Waals surface area contributed by atoms with Crippen LogP contribution in [-0.4, -0.2) is 14.2 Å². The topological polar surface area (TPSA) is 48.7 Å². The van der Waals surface area contributed by atoms with Crippen molar-refractivity contribution in [2.45, 2.75) is 12.8 Å². The van der Waals surface area contributed by atoms with Gasteiger partial charge in [0.15, 0.2) is 0 Å². The first-order valence-corrected chi connectivity index (χ1v) is 10.9. The highest BCUT2D eigenvalue weighted by molar-refractivity contribution is 5.92. The van der Waals surface area contributed by atoms with Gasteiger partial charge in [0.2, 0.25) is 5.43 Å². The standard InChI is InChI=1S/C29H24O4/c1-31-23-13-9-19(10-14-23)17-21-5-3-7-25-27(30)26-8-4-6-22(29(26)33-28(21)25)18-20-11-15-24(32-2)16-12-20/h3-16H,17-18H2,1-2H3. The number of fused-ring (bicyclic) bond motifs is 2. The lowest BCUT2D eigenvalue weighted by Crippen LogP contribution is -2.05. The molecule has 0 N–H and O–H groups in total. The van der Waals surface area contributed by atoms with Crippen LogP contribution in [0.15, 0.2) is 94.1 Å². The summed E-state index contributed by atoms with van der Waals surface area (Å²) >= 11 is 0. The van der Waals surface area contributed by atoms with Crippen LogP contribution in [0.5, 0.6) is 11.5 Å². The second-order valence-corrected chi connectivity index (χ2v) is 8.07. The van der Waals surface area contributed by atoms with Crippen molar-refractivity contribution in [1.29, 1.82) is 0 Å². The summed E-state index contributed by atoms with van der Waals surface area (Å²) in [5.74, 6) is 1.63. The highest BCUT2D eigenvalue weighted by Gasteiger charge is 2.14. The molecule has 0 fully saturated rings. The van der Waals surface area contributed by atoms with Gasteiger partial charge in [-0.25, -0.2) is 0 Å². The number of para-hydroxylation sites is 2. The molecule has 5 rings (SSSR count). The van der Waals surface area contributed by atoms with Gasteiger partial charge in [0.05, 0.1) is 25.0 Å². The maximum Gasteiger partial charge on any atom is 0.200 e. The molecule has 1 heterocycles. The quantitative estimate of drug-likeness (QED) is 0.300. The van der Waals surface area contributed by atoms with E-state index in [0.717, 1.165) is 33.8 Å². The molecule has 4 heteroatoms. The Labute approximate surface area is 192 Å². The lowest BCUT2D eigenvalue weighted by atomic mass is 9.99. The van der Waals surface area contributed by atoms with Crippen LogP contribution >= 0.6 is 0 Å². The van der Waals surface area contributed by atoms with Crippen molar-refractivity contribution in [2.75, 3.05) is 14.2 Å². The molecule has 5 aromatic rings. The van der Waals surface area contributed by atoms with Gasteiger partial charge in [-0.05, 0) is 58.7 Å². The van der Waals surface area contributed by atoms with Gasteiger partial charge in [-0.1, -0.05) is 48.5 Å². The fourth-order valence-electron chi connectivity index (χ4n) is 4.22. The van der Waals surface area contributed by atoms with Crippen LogP contribution in [0.25, 0.3) is 21.9 Å². The molecule has 0 bridgehead atoms. The molecule has 0 saturated carbocycles. The molecule has 0 radical (unpaired) electrons. The van der Waals surface area contributed by atoms with Crippen molar-refractivity contribution >= 4 is 21.9 Å². The number of benzene rings is 4. The van der Waals surface area contributed by atoms with Crippen LogP contribution in [-0.2, 0) is 12.8 Å². The Morgan fingerprint density at radius 2 is 1.03 bits per heavy atom. The van der Waals surface area contributed by atoms with E-state index in [9.17, 15) is 4.79 Å². The molecule has 0 aliphatic rings. The van der Waals surface area contributed by atoms with Crippen molar-refractivity contribution in [1.82, 2.24) is 0 Å². The minimum absolute atomic E-state index is 0.000545. The van der Waals surface area contributed by atoms with E-state index in [0.29, 0.717) is 34.8 Å². The first kappa shape index (κ1) is 20.8. The third-order valence-electron chi connectivity index (χ3n) is 5.99. The summed E-state index contributed by atoms with van der Waals surface area (Å²) in [6.45, 7) is 0. The second kappa shape index (κ2) is 8.83. The molecule has 4 nitrogen and oxygen atoms in total. The molecule has 0 aliphatic heterocycles.